The first-order valence-electron chi connectivity index (χ1n) is 8.09. The fourth-order valence-electron chi connectivity index (χ4n) is 2.49. The molecule has 6 N–H and O–H groups in total. The summed E-state index contributed by atoms with van der Waals surface area (Å²) in [4.78, 5) is 38.7. The lowest BCUT2D eigenvalue weighted by molar-refractivity contribution is -0.118. The van der Waals surface area contributed by atoms with E-state index >= 15 is 0 Å². The van der Waals surface area contributed by atoms with E-state index in [1.54, 1.807) is 0 Å². The van der Waals surface area contributed by atoms with Crippen molar-refractivity contribution in [2.45, 2.75) is 6.54 Å². The Balaban J connectivity index is 0.000000202. The van der Waals surface area contributed by atoms with Crippen molar-refractivity contribution < 1.29 is 24.5 Å². The molecule has 1 aliphatic rings. The van der Waals surface area contributed by atoms with Crippen LogP contribution in [-0.4, -0.2) is 38.7 Å². The highest BCUT2D eigenvalue weighted by molar-refractivity contribution is 5.95. The van der Waals surface area contributed by atoms with Crippen LogP contribution in [0.5, 0.6) is 11.5 Å². The van der Waals surface area contributed by atoms with Crippen molar-refractivity contribution in [3.8, 4) is 11.5 Å². The number of nitrogens with two attached hydrogens (primary N) is 1. The lowest BCUT2D eigenvalue weighted by atomic mass is 10.1. The van der Waals surface area contributed by atoms with Crippen molar-refractivity contribution in [3.05, 3.63) is 58.1 Å². The minimum absolute atomic E-state index is 0. The number of rotatable bonds is 2. The van der Waals surface area contributed by atoms with Gasteiger partial charge in [0.2, 0.25) is 5.82 Å². The van der Waals surface area contributed by atoms with Gasteiger partial charge in [0.25, 0.3) is 11.5 Å². The van der Waals surface area contributed by atoms with Crippen LogP contribution in [0.3, 0.4) is 0 Å². The molecule has 3 aromatic rings. The summed E-state index contributed by atoms with van der Waals surface area (Å²) in [5.41, 5.74) is 6.79. The molecule has 0 saturated heterocycles. The van der Waals surface area contributed by atoms with Gasteiger partial charge in [0.05, 0.1) is 16.6 Å². The number of nitrogens with one attached hydrogen (secondary N) is 2. The first kappa shape index (κ1) is 21.7. The lowest BCUT2D eigenvalue weighted by Gasteiger charge is -2.18. The van der Waals surface area contributed by atoms with Crippen LogP contribution in [0, 0.1) is 0 Å². The van der Waals surface area contributed by atoms with E-state index in [1.165, 1.54) is 18.2 Å². The summed E-state index contributed by atoms with van der Waals surface area (Å²) in [5, 5.41) is 20.6. The Morgan fingerprint density at radius 1 is 1.21 bits per heavy atom. The number of aromatic carboxylic acids is 1. The minimum Gasteiger partial charge on any atom is -0.508 e. The van der Waals surface area contributed by atoms with E-state index in [2.05, 4.69) is 15.3 Å². The maximum Gasteiger partial charge on any atom is 0.372 e. The molecule has 2 aromatic carbocycles. The van der Waals surface area contributed by atoms with Crippen molar-refractivity contribution in [2.24, 2.45) is 5.73 Å². The number of amides is 1. The van der Waals surface area contributed by atoms with Gasteiger partial charge in [-0.2, -0.15) is 0 Å². The van der Waals surface area contributed by atoms with Crippen LogP contribution in [0.1, 0.15) is 16.2 Å². The number of aromatic nitrogens is 2. The number of carbonyl (C=O) groups excluding carboxylic acids is 1. The molecular formula is C18H17ClN4O6. The number of halogens is 1. The third-order valence-corrected chi connectivity index (χ3v) is 3.80. The zero-order valence-electron chi connectivity index (χ0n) is 14.8. The number of phenols is 1. The summed E-state index contributed by atoms with van der Waals surface area (Å²) in [7, 11) is 0. The zero-order valence-corrected chi connectivity index (χ0v) is 15.7. The highest BCUT2D eigenvalue weighted by Gasteiger charge is 2.15. The van der Waals surface area contributed by atoms with Crippen molar-refractivity contribution in [3.63, 3.8) is 0 Å². The largest absolute Gasteiger partial charge is 0.508 e. The average molecular weight is 421 g/mol. The van der Waals surface area contributed by atoms with Crippen LogP contribution in [0.25, 0.3) is 10.9 Å². The van der Waals surface area contributed by atoms with E-state index in [1.807, 2.05) is 18.2 Å². The van der Waals surface area contributed by atoms with Gasteiger partial charge in [-0.3, -0.25) is 9.59 Å². The summed E-state index contributed by atoms with van der Waals surface area (Å²) >= 11 is 0. The summed E-state index contributed by atoms with van der Waals surface area (Å²) in [6, 6.07) is 9.47. The number of aromatic amines is 1. The predicted molar refractivity (Wildman–Crippen MR) is 107 cm³/mol. The van der Waals surface area contributed by atoms with E-state index in [4.69, 9.17) is 20.7 Å². The molecule has 1 aliphatic heterocycles. The van der Waals surface area contributed by atoms with Gasteiger partial charge in [0.1, 0.15) is 11.5 Å². The SMILES string of the molecule is Cl.NCc1ccc2c(c1)NC(=O)CO2.O=C(O)c1nc2ccc(O)cc2c(=O)[nH]1. The standard InChI is InChI=1S/C9H6N2O4.C9H10N2O2.ClH/c12-4-1-2-6-5(3-4)8(13)11-7(10-6)9(14)15;10-4-6-1-2-8-7(3-6)11-9(12)5-13-8;/h1-3,12H,(H,14,15)(H,10,11,13);1-3H,4-5,10H2,(H,11,12);1H. The third kappa shape index (κ3) is 5.00. The number of hydrogen-bond acceptors (Lipinski definition) is 7. The molecule has 2 heterocycles. The van der Waals surface area contributed by atoms with E-state index in [9.17, 15) is 14.4 Å². The molecule has 152 valence electrons. The fourth-order valence-corrected chi connectivity index (χ4v) is 2.49. The second-order valence-electron chi connectivity index (χ2n) is 5.79. The maximum absolute atomic E-state index is 11.4. The second kappa shape index (κ2) is 9.04. The number of anilines is 1. The van der Waals surface area contributed by atoms with Crippen LogP contribution in [0.2, 0.25) is 0 Å². The molecule has 1 aromatic heterocycles. The number of aromatic hydroxyl groups is 1. The monoisotopic (exact) mass is 420 g/mol. The van der Waals surface area contributed by atoms with E-state index < -0.39 is 17.4 Å². The first-order valence-corrected chi connectivity index (χ1v) is 8.09. The Labute approximate surface area is 169 Å². The van der Waals surface area contributed by atoms with Crippen LogP contribution in [0.15, 0.2) is 41.2 Å². The Hall–Kier alpha value is -3.63. The first-order chi connectivity index (χ1) is 13.4. The van der Waals surface area contributed by atoms with E-state index in [-0.39, 0.29) is 41.6 Å². The van der Waals surface area contributed by atoms with Crippen molar-refractivity contribution in [1.29, 1.82) is 0 Å². The van der Waals surface area contributed by atoms with Crippen molar-refractivity contribution in [1.82, 2.24) is 9.97 Å². The van der Waals surface area contributed by atoms with Crippen LogP contribution in [0.4, 0.5) is 5.69 Å². The van der Waals surface area contributed by atoms with Gasteiger partial charge in [-0.25, -0.2) is 9.78 Å². The summed E-state index contributed by atoms with van der Waals surface area (Å²) in [5.74, 6) is -1.21. The number of fused-ring (bicyclic) bond motifs is 2. The molecule has 0 radical (unpaired) electrons. The Morgan fingerprint density at radius 3 is 2.66 bits per heavy atom. The summed E-state index contributed by atoms with van der Waals surface area (Å²) in [6.45, 7) is 0.554. The van der Waals surface area contributed by atoms with Crippen LogP contribution < -0.4 is 21.3 Å². The van der Waals surface area contributed by atoms with E-state index in [0.29, 0.717) is 18.0 Å². The number of carbonyl (C=O) groups is 2. The Kier molecular flexibility index (Phi) is 6.75. The number of nitrogens with zero attached hydrogens (tertiary/aromatic N) is 1. The van der Waals surface area contributed by atoms with Crippen molar-refractivity contribution in [2.75, 3.05) is 11.9 Å². The normalized spacial score (nSPS) is 11.8. The van der Waals surface area contributed by atoms with Gasteiger partial charge in [-0.05, 0) is 35.9 Å². The van der Waals surface area contributed by atoms with Gasteiger partial charge < -0.3 is 31.0 Å². The molecular weight excluding hydrogens is 404 g/mol. The molecule has 0 fully saturated rings. The molecule has 4 rings (SSSR count). The lowest BCUT2D eigenvalue weighted by Crippen LogP contribution is -2.25. The van der Waals surface area contributed by atoms with Gasteiger partial charge >= 0.3 is 5.97 Å². The predicted octanol–water partition coefficient (Wildman–Crippen LogP) is 1.22. The van der Waals surface area contributed by atoms with Gasteiger partial charge in [0, 0.05) is 6.54 Å². The maximum atomic E-state index is 11.4. The fraction of sp³-hybridized carbons (Fsp3) is 0.111. The number of H-pyrrole nitrogens is 1. The minimum atomic E-state index is -1.30. The number of ether oxygens (including phenoxy) is 1. The van der Waals surface area contributed by atoms with Crippen LogP contribution in [-0.2, 0) is 11.3 Å². The van der Waals surface area contributed by atoms with Gasteiger partial charge in [0.15, 0.2) is 6.61 Å². The second-order valence-corrected chi connectivity index (χ2v) is 5.79. The number of hydrogen-bond donors (Lipinski definition) is 5. The zero-order chi connectivity index (χ0) is 20.3. The molecule has 0 saturated carbocycles. The molecule has 0 unspecified atom stereocenters. The summed E-state index contributed by atoms with van der Waals surface area (Å²) < 4.78 is 5.18. The van der Waals surface area contributed by atoms with Crippen LogP contribution >= 0.6 is 12.4 Å². The Morgan fingerprint density at radius 2 is 1.97 bits per heavy atom. The molecule has 11 heteroatoms. The average Bonchev–Trinajstić information content (AvgIpc) is 2.68. The smallest absolute Gasteiger partial charge is 0.372 e. The van der Waals surface area contributed by atoms with Crippen molar-refractivity contribution >= 4 is 40.9 Å². The van der Waals surface area contributed by atoms with Gasteiger partial charge in [-0.1, -0.05) is 6.07 Å². The number of carboxylic acid groups (broad SMARTS) is 1. The van der Waals surface area contributed by atoms with Gasteiger partial charge in [-0.15, -0.1) is 12.4 Å². The molecule has 1 amide bonds. The van der Waals surface area contributed by atoms with E-state index in [0.717, 1.165) is 5.56 Å². The molecule has 0 bridgehead atoms. The molecule has 0 spiro atoms. The molecule has 0 aliphatic carbocycles. The number of phenolic OH excluding ortho intramolecular Hbond substituents is 1. The highest BCUT2D eigenvalue weighted by Crippen LogP contribution is 2.28. The molecule has 0 atom stereocenters. The molecule has 29 heavy (non-hydrogen) atoms. The third-order valence-electron chi connectivity index (χ3n) is 3.80. The summed E-state index contributed by atoms with van der Waals surface area (Å²) in [6.07, 6.45) is 0. The quantitative estimate of drug-likeness (QED) is 0.412. The number of carboxylic acids is 1. The highest BCUT2D eigenvalue weighted by atomic mass is 35.5. The number of benzene rings is 2. The molecule has 10 nitrogen and oxygen atoms in total. The Bertz CT molecular complexity index is 1130. The topological polar surface area (TPSA) is 168 Å².